The predicted molar refractivity (Wildman–Crippen MR) is 84.1 cm³/mol. The summed E-state index contributed by atoms with van der Waals surface area (Å²) in [6, 6.07) is 14.0. The highest BCUT2D eigenvalue weighted by atomic mass is 16.3. The van der Waals surface area contributed by atoms with Crippen molar-refractivity contribution >= 4 is 0 Å². The van der Waals surface area contributed by atoms with Crippen LogP contribution in [0.25, 0.3) is 0 Å². The summed E-state index contributed by atoms with van der Waals surface area (Å²) in [6.07, 6.45) is 6.96. The molecule has 3 atom stereocenters. The van der Waals surface area contributed by atoms with E-state index in [9.17, 15) is 0 Å². The lowest BCUT2D eigenvalue weighted by Gasteiger charge is -2.27. The fourth-order valence-corrected chi connectivity index (χ4v) is 4.33. The minimum absolute atomic E-state index is 0.300. The van der Waals surface area contributed by atoms with Gasteiger partial charge >= 0.3 is 0 Å². The normalized spacial score (nSPS) is 28.9. The number of furan rings is 1. The van der Waals surface area contributed by atoms with E-state index >= 15 is 0 Å². The predicted octanol–water partition coefficient (Wildman–Crippen LogP) is 4.12. The molecule has 1 aromatic carbocycles. The Labute approximate surface area is 126 Å². The van der Waals surface area contributed by atoms with E-state index in [-0.39, 0.29) is 0 Å². The van der Waals surface area contributed by atoms with Crippen LogP contribution in [0.4, 0.5) is 0 Å². The zero-order valence-electron chi connectivity index (χ0n) is 12.6. The quantitative estimate of drug-likeness (QED) is 0.915. The molecular formula is C19H23NO. The summed E-state index contributed by atoms with van der Waals surface area (Å²) in [5.41, 5.74) is 3.14. The molecule has 0 amide bonds. The molecule has 1 aromatic heterocycles. The average molecular weight is 281 g/mol. The maximum Gasteiger partial charge on any atom is 0.120 e. The summed E-state index contributed by atoms with van der Waals surface area (Å²) >= 11 is 0. The van der Waals surface area contributed by atoms with Crippen molar-refractivity contribution < 1.29 is 4.42 Å². The molecule has 2 aromatic rings. The van der Waals surface area contributed by atoms with Gasteiger partial charge in [-0.3, -0.25) is 0 Å². The third-order valence-corrected chi connectivity index (χ3v) is 5.42. The second kappa shape index (κ2) is 5.34. The second-order valence-electron chi connectivity index (χ2n) is 6.70. The fourth-order valence-electron chi connectivity index (χ4n) is 4.33. The summed E-state index contributed by atoms with van der Waals surface area (Å²) < 4.78 is 5.56. The Balaban J connectivity index is 1.55. The van der Waals surface area contributed by atoms with E-state index in [0.29, 0.717) is 12.1 Å². The van der Waals surface area contributed by atoms with Gasteiger partial charge in [0.05, 0.1) is 12.3 Å². The Morgan fingerprint density at radius 1 is 1.00 bits per heavy atom. The number of benzene rings is 1. The summed E-state index contributed by atoms with van der Waals surface area (Å²) in [5.74, 6) is 2.60. The molecule has 1 fully saturated rings. The van der Waals surface area contributed by atoms with Crippen molar-refractivity contribution in [1.29, 1.82) is 0 Å². The van der Waals surface area contributed by atoms with E-state index in [1.165, 1.54) is 25.7 Å². The number of rotatable bonds is 3. The van der Waals surface area contributed by atoms with Crippen LogP contribution >= 0.6 is 0 Å². The zero-order chi connectivity index (χ0) is 14.2. The molecule has 2 heteroatoms. The number of hydrogen-bond acceptors (Lipinski definition) is 2. The van der Waals surface area contributed by atoms with E-state index in [0.717, 1.165) is 17.6 Å². The van der Waals surface area contributed by atoms with Gasteiger partial charge in [0.1, 0.15) is 5.76 Å². The number of hydrogen-bond donors (Lipinski definition) is 1. The molecule has 2 unspecified atom stereocenters. The van der Waals surface area contributed by atoms with Gasteiger partial charge < -0.3 is 9.73 Å². The van der Waals surface area contributed by atoms with Crippen molar-refractivity contribution in [2.24, 2.45) is 11.8 Å². The van der Waals surface area contributed by atoms with Crippen LogP contribution in [0.3, 0.4) is 0 Å². The van der Waals surface area contributed by atoms with Gasteiger partial charge in [-0.05, 0) is 67.7 Å². The third-order valence-electron chi connectivity index (χ3n) is 5.42. The molecule has 2 bridgehead atoms. The standard InChI is InChI=1S/C19H23NO/c1-13(18-7-4-10-21-18)20-19-16-8-9-17(19)12-15-6-3-2-5-14(15)11-16/h2-7,10,13,16-17,19-20H,8-9,11-12H2,1H3/t13-,16?,17?,19?/m1/s1. The molecule has 1 N–H and O–H groups in total. The molecule has 1 heterocycles. The lowest BCUT2D eigenvalue weighted by molar-refractivity contribution is 0.296. The van der Waals surface area contributed by atoms with Crippen LogP contribution < -0.4 is 5.32 Å². The van der Waals surface area contributed by atoms with Crippen LogP contribution in [-0.4, -0.2) is 6.04 Å². The van der Waals surface area contributed by atoms with Crippen molar-refractivity contribution in [2.45, 2.75) is 44.7 Å². The first-order valence-corrected chi connectivity index (χ1v) is 8.17. The molecule has 0 aliphatic heterocycles. The first-order chi connectivity index (χ1) is 10.3. The SMILES string of the molecule is C[C@@H](NC1C2CCC1Cc1ccccc1C2)c1ccco1. The first-order valence-electron chi connectivity index (χ1n) is 8.17. The molecule has 0 spiro atoms. The zero-order valence-corrected chi connectivity index (χ0v) is 12.6. The maximum atomic E-state index is 5.56. The van der Waals surface area contributed by atoms with Crippen LogP contribution in [-0.2, 0) is 12.8 Å². The van der Waals surface area contributed by atoms with Gasteiger partial charge in [0.15, 0.2) is 0 Å². The molecule has 4 rings (SSSR count). The van der Waals surface area contributed by atoms with E-state index in [1.807, 2.05) is 6.07 Å². The number of fused-ring (bicyclic) bond motifs is 3. The van der Waals surface area contributed by atoms with Crippen molar-refractivity contribution in [3.8, 4) is 0 Å². The maximum absolute atomic E-state index is 5.56. The van der Waals surface area contributed by atoms with Crippen molar-refractivity contribution in [3.63, 3.8) is 0 Å². The highest BCUT2D eigenvalue weighted by molar-refractivity contribution is 5.31. The molecule has 0 radical (unpaired) electrons. The van der Waals surface area contributed by atoms with E-state index < -0.39 is 0 Å². The van der Waals surface area contributed by atoms with Gasteiger partial charge in [0.25, 0.3) is 0 Å². The molecule has 110 valence electrons. The molecule has 2 aliphatic rings. The molecule has 2 aliphatic carbocycles. The third kappa shape index (κ3) is 2.42. The first kappa shape index (κ1) is 13.1. The average Bonchev–Trinajstić information content (AvgIpc) is 3.08. The van der Waals surface area contributed by atoms with Crippen molar-refractivity contribution in [1.82, 2.24) is 5.32 Å². The molecule has 21 heavy (non-hydrogen) atoms. The molecule has 2 nitrogen and oxygen atoms in total. The van der Waals surface area contributed by atoms with Gasteiger partial charge in [0.2, 0.25) is 0 Å². The van der Waals surface area contributed by atoms with Gasteiger partial charge in [-0.25, -0.2) is 0 Å². The molecular weight excluding hydrogens is 258 g/mol. The van der Waals surface area contributed by atoms with Crippen LogP contribution in [0.15, 0.2) is 47.1 Å². The Morgan fingerprint density at radius 2 is 1.67 bits per heavy atom. The van der Waals surface area contributed by atoms with Gasteiger partial charge in [-0.1, -0.05) is 24.3 Å². The Bertz CT molecular complexity index is 571. The largest absolute Gasteiger partial charge is 0.468 e. The summed E-state index contributed by atoms with van der Waals surface area (Å²) in [6.45, 7) is 2.22. The minimum atomic E-state index is 0.300. The Morgan fingerprint density at radius 3 is 2.24 bits per heavy atom. The highest BCUT2D eigenvalue weighted by Crippen LogP contribution is 2.40. The van der Waals surface area contributed by atoms with Crippen LogP contribution in [0.1, 0.15) is 42.7 Å². The van der Waals surface area contributed by atoms with E-state index in [2.05, 4.69) is 42.6 Å². The topological polar surface area (TPSA) is 25.2 Å². The van der Waals surface area contributed by atoms with Crippen molar-refractivity contribution in [3.05, 3.63) is 59.5 Å². The molecule has 1 saturated carbocycles. The number of nitrogens with one attached hydrogen (secondary N) is 1. The van der Waals surface area contributed by atoms with E-state index in [1.54, 1.807) is 17.4 Å². The van der Waals surface area contributed by atoms with Crippen LogP contribution in [0, 0.1) is 11.8 Å². The van der Waals surface area contributed by atoms with Gasteiger partial charge in [-0.15, -0.1) is 0 Å². The Kier molecular flexibility index (Phi) is 3.34. The lowest BCUT2D eigenvalue weighted by Crippen LogP contribution is -2.39. The van der Waals surface area contributed by atoms with Gasteiger partial charge in [0, 0.05) is 6.04 Å². The molecule has 0 saturated heterocycles. The highest BCUT2D eigenvalue weighted by Gasteiger charge is 2.39. The smallest absolute Gasteiger partial charge is 0.120 e. The van der Waals surface area contributed by atoms with Crippen LogP contribution in [0.5, 0.6) is 0 Å². The fraction of sp³-hybridized carbons (Fsp3) is 0.474. The van der Waals surface area contributed by atoms with Crippen molar-refractivity contribution in [2.75, 3.05) is 0 Å². The van der Waals surface area contributed by atoms with Crippen LogP contribution in [0.2, 0.25) is 0 Å². The monoisotopic (exact) mass is 281 g/mol. The summed E-state index contributed by atoms with van der Waals surface area (Å²) in [5, 5.41) is 3.86. The lowest BCUT2D eigenvalue weighted by atomic mass is 9.94. The Hall–Kier alpha value is -1.54. The summed E-state index contributed by atoms with van der Waals surface area (Å²) in [7, 11) is 0. The summed E-state index contributed by atoms with van der Waals surface area (Å²) in [4.78, 5) is 0. The van der Waals surface area contributed by atoms with E-state index in [4.69, 9.17) is 4.42 Å². The minimum Gasteiger partial charge on any atom is -0.468 e. The second-order valence-corrected chi connectivity index (χ2v) is 6.70. The van der Waals surface area contributed by atoms with Gasteiger partial charge in [-0.2, -0.15) is 0 Å².